The lowest BCUT2D eigenvalue weighted by atomic mass is 9.99. The highest BCUT2D eigenvalue weighted by molar-refractivity contribution is 5.94. The van der Waals surface area contributed by atoms with E-state index >= 15 is 0 Å². The molecule has 1 aromatic rings. The van der Waals surface area contributed by atoms with Crippen LogP contribution in [0.25, 0.3) is 0 Å². The minimum Gasteiger partial charge on any atom is -0.333 e. The van der Waals surface area contributed by atoms with E-state index in [9.17, 15) is 14.0 Å². The van der Waals surface area contributed by atoms with Crippen LogP contribution in [0.1, 0.15) is 30.4 Å². The summed E-state index contributed by atoms with van der Waals surface area (Å²) in [5.74, 6) is -0.696. The van der Waals surface area contributed by atoms with Crippen LogP contribution in [-0.2, 0) is 22.6 Å². The molecule has 0 radical (unpaired) electrons. The van der Waals surface area contributed by atoms with Gasteiger partial charge in [-0.15, -0.1) is 12.4 Å². The molecule has 1 aromatic carbocycles. The summed E-state index contributed by atoms with van der Waals surface area (Å²) in [4.78, 5) is 25.3. The van der Waals surface area contributed by atoms with E-state index in [4.69, 9.17) is 0 Å². The number of carbonyl (C=O) groups is 2. The van der Waals surface area contributed by atoms with Crippen LogP contribution >= 0.6 is 12.4 Å². The largest absolute Gasteiger partial charge is 0.333 e. The van der Waals surface area contributed by atoms with Crippen LogP contribution < -0.4 is 10.6 Å². The highest BCUT2D eigenvalue weighted by atomic mass is 35.5. The normalized spacial score (nSPS) is 17.3. The molecule has 2 aliphatic heterocycles. The second kappa shape index (κ2) is 7.75. The first-order valence-corrected chi connectivity index (χ1v) is 7.74. The van der Waals surface area contributed by atoms with Crippen LogP contribution in [0.3, 0.4) is 0 Å². The molecule has 2 amide bonds. The molecule has 126 valence electrons. The number of likely N-dealkylation sites (tertiary alicyclic amines) is 1. The quantitative estimate of drug-likeness (QED) is 0.882. The van der Waals surface area contributed by atoms with Crippen molar-refractivity contribution in [3.05, 3.63) is 29.1 Å². The van der Waals surface area contributed by atoms with E-state index in [0.717, 1.165) is 24.9 Å². The molecule has 0 aromatic heterocycles. The van der Waals surface area contributed by atoms with Crippen molar-refractivity contribution < 1.29 is 14.0 Å². The number of benzene rings is 1. The topological polar surface area (TPSA) is 61.4 Å². The first kappa shape index (κ1) is 17.7. The molecular weight excluding hydrogens is 321 g/mol. The van der Waals surface area contributed by atoms with E-state index in [1.54, 1.807) is 11.0 Å². The van der Waals surface area contributed by atoms with E-state index < -0.39 is 0 Å². The molecule has 0 unspecified atom stereocenters. The first-order chi connectivity index (χ1) is 10.6. The molecule has 0 aliphatic carbocycles. The summed E-state index contributed by atoms with van der Waals surface area (Å²) in [5, 5.41) is 5.79. The molecule has 1 fully saturated rings. The maximum atomic E-state index is 14.4. The van der Waals surface area contributed by atoms with Crippen molar-refractivity contribution in [3.63, 3.8) is 0 Å². The summed E-state index contributed by atoms with van der Waals surface area (Å²) in [6, 6.07) is 3.43. The van der Waals surface area contributed by atoms with Crippen LogP contribution in [0, 0.1) is 5.82 Å². The number of amides is 2. The number of anilines is 1. The Labute approximate surface area is 141 Å². The fourth-order valence-electron chi connectivity index (χ4n) is 3.02. The fraction of sp³-hybridized carbons (Fsp3) is 0.500. The molecule has 2 heterocycles. The Morgan fingerprint density at radius 3 is 2.91 bits per heavy atom. The van der Waals surface area contributed by atoms with Gasteiger partial charge in [0, 0.05) is 19.5 Å². The lowest BCUT2D eigenvalue weighted by Crippen LogP contribution is -2.40. The van der Waals surface area contributed by atoms with Crippen LogP contribution in [0.2, 0.25) is 0 Å². The number of rotatable bonds is 3. The number of halogens is 2. The number of nitrogens with one attached hydrogen (secondary N) is 2. The third kappa shape index (κ3) is 4.00. The standard InChI is InChI=1S/C16H20FN3O2.ClH/c17-16-12-6-7-18-9-11(12)4-5-13(16)19-14(21)10-20-8-2-1-3-15(20)22;/h4-5,18H,1-3,6-10H2,(H,19,21);1H. The maximum Gasteiger partial charge on any atom is 0.244 e. The predicted molar refractivity (Wildman–Crippen MR) is 88.1 cm³/mol. The maximum absolute atomic E-state index is 14.4. The first-order valence-electron chi connectivity index (χ1n) is 7.74. The van der Waals surface area contributed by atoms with Crippen molar-refractivity contribution >= 4 is 29.9 Å². The van der Waals surface area contributed by atoms with Gasteiger partial charge in [-0.1, -0.05) is 6.07 Å². The number of nitrogens with zero attached hydrogens (tertiary/aromatic N) is 1. The molecule has 0 saturated carbocycles. The van der Waals surface area contributed by atoms with E-state index in [1.165, 1.54) is 0 Å². The van der Waals surface area contributed by atoms with Gasteiger partial charge in [-0.25, -0.2) is 4.39 Å². The average Bonchev–Trinajstić information content (AvgIpc) is 2.53. The van der Waals surface area contributed by atoms with Gasteiger partial charge in [0.25, 0.3) is 0 Å². The third-order valence-corrected chi connectivity index (χ3v) is 4.24. The van der Waals surface area contributed by atoms with Crippen molar-refractivity contribution in [1.29, 1.82) is 0 Å². The van der Waals surface area contributed by atoms with Crippen LogP contribution in [0.15, 0.2) is 12.1 Å². The summed E-state index contributed by atoms with van der Waals surface area (Å²) >= 11 is 0. The molecule has 23 heavy (non-hydrogen) atoms. The van der Waals surface area contributed by atoms with Gasteiger partial charge in [0.1, 0.15) is 5.82 Å². The molecule has 1 saturated heterocycles. The zero-order valence-corrected chi connectivity index (χ0v) is 13.7. The second-order valence-electron chi connectivity index (χ2n) is 5.81. The summed E-state index contributed by atoms with van der Waals surface area (Å²) in [6.45, 7) is 1.99. The van der Waals surface area contributed by atoms with Crippen molar-refractivity contribution in [2.45, 2.75) is 32.2 Å². The molecule has 5 nitrogen and oxygen atoms in total. The van der Waals surface area contributed by atoms with Crippen molar-refractivity contribution in [2.75, 3.05) is 25.0 Å². The highest BCUT2D eigenvalue weighted by Gasteiger charge is 2.22. The van der Waals surface area contributed by atoms with Gasteiger partial charge in [0.05, 0.1) is 12.2 Å². The number of carbonyl (C=O) groups excluding carboxylic acids is 2. The van der Waals surface area contributed by atoms with Crippen LogP contribution in [0.5, 0.6) is 0 Å². The molecule has 2 aliphatic rings. The Morgan fingerprint density at radius 1 is 1.30 bits per heavy atom. The third-order valence-electron chi connectivity index (χ3n) is 4.24. The van der Waals surface area contributed by atoms with Gasteiger partial charge in [0.2, 0.25) is 11.8 Å². The lowest BCUT2D eigenvalue weighted by molar-refractivity contribution is -0.136. The second-order valence-corrected chi connectivity index (χ2v) is 5.81. The van der Waals surface area contributed by atoms with Crippen molar-refractivity contribution in [3.8, 4) is 0 Å². The number of hydrogen-bond acceptors (Lipinski definition) is 3. The van der Waals surface area contributed by atoms with Gasteiger partial charge in [-0.05, 0) is 43.0 Å². The Bertz CT molecular complexity index is 609. The summed E-state index contributed by atoms with van der Waals surface area (Å²) < 4.78 is 14.4. The molecule has 7 heteroatoms. The van der Waals surface area contributed by atoms with Crippen molar-refractivity contribution in [1.82, 2.24) is 10.2 Å². The minimum absolute atomic E-state index is 0. The molecule has 2 N–H and O–H groups in total. The van der Waals surface area contributed by atoms with Crippen molar-refractivity contribution in [2.24, 2.45) is 0 Å². The van der Waals surface area contributed by atoms with Crippen LogP contribution in [0.4, 0.5) is 10.1 Å². The van der Waals surface area contributed by atoms with Crippen LogP contribution in [-0.4, -0.2) is 36.3 Å². The van der Waals surface area contributed by atoms with Gasteiger partial charge >= 0.3 is 0 Å². The lowest BCUT2D eigenvalue weighted by Gasteiger charge is -2.26. The Morgan fingerprint density at radius 2 is 2.13 bits per heavy atom. The van der Waals surface area contributed by atoms with Gasteiger partial charge in [-0.2, -0.15) is 0 Å². The number of piperidine rings is 1. The SMILES string of the molecule is Cl.O=C(CN1CCCCC1=O)Nc1ccc2c(c1F)CCNC2. The van der Waals surface area contributed by atoms with E-state index in [0.29, 0.717) is 31.5 Å². The summed E-state index contributed by atoms with van der Waals surface area (Å²) in [6.07, 6.45) is 2.91. The number of fused-ring (bicyclic) bond motifs is 1. The summed E-state index contributed by atoms with van der Waals surface area (Å²) in [5.41, 5.74) is 1.81. The van der Waals surface area contributed by atoms with E-state index in [2.05, 4.69) is 10.6 Å². The monoisotopic (exact) mass is 341 g/mol. The van der Waals surface area contributed by atoms with Gasteiger partial charge in [-0.3, -0.25) is 9.59 Å². The number of hydrogen-bond donors (Lipinski definition) is 2. The molecule has 0 bridgehead atoms. The zero-order valence-electron chi connectivity index (χ0n) is 12.9. The molecular formula is C16H21ClFN3O2. The summed E-state index contributed by atoms with van der Waals surface area (Å²) in [7, 11) is 0. The molecule has 3 rings (SSSR count). The minimum atomic E-state index is -0.350. The Balaban J connectivity index is 0.00000192. The smallest absolute Gasteiger partial charge is 0.244 e. The van der Waals surface area contributed by atoms with E-state index in [-0.39, 0.29) is 42.3 Å². The van der Waals surface area contributed by atoms with E-state index in [1.807, 2.05) is 6.07 Å². The Kier molecular flexibility index (Phi) is 5.96. The molecule has 0 spiro atoms. The Hall–Kier alpha value is -1.66. The predicted octanol–water partition coefficient (Wildman–Crippen LogP) is 1.84. The van der Waals surface area contributed by atoms with Gasteiger partial charge < -0.3 is 15.5 Å². The molecule has 0 atom stereocenters. The average molecular weight is 342 g/mol. The zero-order chi connectivity index (χ0) is 15.5. The van der Waals surface area contributed by atoms with Gasteiger partial charge in [0.15, 0.2) is 0 Å². The highest BCUT2D eigenvalue weighted by Crippen LogP contribution is 2.24. The fourth-order valence-corrected chi connectivity index (χ4v) is 3.02.